The van der Waals surface area contributed by atoms with Crippen LogP contribution in [0.1, 0.15) is 66.7 Å². The maximum absolute atomic E-state index is 13.0. The highest BCUT2D eigenvalue weighted by Crippen LogP contribution is 2.35. The van der Waals surface area contributed by atoms with Crippen LogP contribution in [0.5, 0.6) is 0 Å². The highest BCUT2D eigenvalue weighted by atomic mass is 16.2. The fourth-order valence-electron chi connectivity index (χ4n) is 5.21. The molecule has 5 rings (SSSR count). The Morgan fingerprint density at radius 3 is 2.86 bits per heavy atom. The van der Waals surface area contributed by atoms with Crippen molar-refractivity contribution in [3.63, 3.8) is 0 Å². The van der Waals surface area contributed by atoms with Gasteiger partial charge >= 0.3 is 0 Å². The molecule has 28 heavy (non-hydrogen) atoms. The van der Waals surface area contributed by atoms with Crippen LogP contribution in [-0.2, 0) is 24.3 Å². The first-order valence-electron chi connectivity index (χ1n) is 10.8. The van der Waals surface area contributed by atoms with Gasteiger partial charge in [-0.15, -0.1) is 10.2 Å². The van der Waals surface area contributed by atoms with E-state index in [2.05, 4.69) is 49.2 Å². The zero-order chi connectivity index (χ0) is 18.9. The molecular weight excluding hydrogens is 350 g/mol. The fourth-order valence-corrected chi connectivity index (χ4v) is 5.21. The number of benzene rings is 1. The average molecular weight is 380 g/mol. The van der Waals surface area contributed by atoms with Gasteiger partial charge in [0.15, 0.2) is 0 Å². The van der Waals surface area contributed by atoms with Gasteiger partial charge in [-0.25, -0.2) is 0 Å². The molecule has 1 atom stereocenters. The van der Waals surface area contributed by atoms with E-state index in [1.54, 1.807) is 0 Å². The van der Waals surface area contributed by atoms with Crippen molar-refractivity contribution in [2.24, 2.45) is 0 Å². The van der Waals surface area contributed by atoms with Gasteiger partial charge in [-0.1, -0.05) is 24.3 Å². The molecule has 1 unspecified atom stereocenters. The average Bonchev–Trinajstić information content (AvgIpc) is 3.18. The van der Waals surface area contributed by atoms with E-state index >= 15 is 0 Å². The Kier molecular flexibility index (Phi) is 4.89. The van der Waals surface area contributed by atoms with Crippen molar-refractivity contribution in [2.45, 2.75) is 63.5 Å². The minimum atomic E-state index is 0.327. The number of likely N-dealkylation sites (tertiary alicyclic amines) is 1. The Balaban J connectivity index is 1.21. The first-order chi connectivity index (χ1) is 13.8. The number of piperidine rings is 1. The van der Waals surface area contributed by atoms with Crippen LogP contribution < -0.4 is 5.32 Å². The first-order valence-corrected chi connectivity index (χ1v) is 10.8. The van der Waals surface area contributed by atoms with E-state index in [1.165, 1.54) is 17.5 Å². The third kappa shape index (κ3) is 3.34. The van der Waals surface area contributed by atoms with Gasteiger partial charge in [0.25, 0.3) is 0 Å². The van der Waals surface area contributed by atoms with Gasteiger partial charge in [0.1, 0.15) is 11.6 Å². The lowest BCUT2D eigenvalue weighted by atomic mass is 9.81. The van der Waals surface area contributed by atoms with Crippen LogP contribution in [0.25, 0.3) is 0 Å². The van der Waals surface area contributed by atoms with Gasteiger partial charge in [-0.2, -0.15) is 0 Å². The summed E-state index contributed by atoms with van der Waals surface area (Å²) in [5, 5.41) is 12.2. The van der Waals surface area contributed by atoms with Crippen LogP contribution in [0, 0.1) is 0 Å². The number of carbonyl (C=O) groups is 1. The Bertz CT molecular complexity index is 852. The first kappa shape index (κ1) is 17.9. The number of nitrogens with zero attached hydrogens (tertiary/aromatic N) is 4. The Labute approximate surface area is 166 Å². The molecule has 2 aliphatic heterocycles. The standard InChI is InChI=1S/C22H29N5O/c28-21(14-18-6-3-5-16-4-1-2-7-19(16)18)26-11-8-17(9-12-26)22-25-24-20-15-23-10-13-27(20)22/h1-2,4,7,17-18,23H,3,5-6,8-15H2. The van der Waals surface area contributed by atoms with E-state index < -0.39 is 0 Å². The number of carbonyl (C=O) groups excluding carboxylic acids is 1. The van der Waals surface area contributed by atoms with E-state index in [9.17, 15) is 4.79 Å². The number of rotatable bonds is 3. The van der Waals surface area contributed by atoms with Gasteiger partial charge in [0, 0.05) is 38.5 Å². The van der Waals surface area contributed by atoms with Gasteiger partial charge in [0.2, 0.25) is 5.91 Å². The largest absolute Gasteiger partial charge is 0.343 e. The quantitative estimate of drug-likeness (QED) is 0.890. The molecule has 0 spiro atoms. The number of nitrogens with one attached hydrogen (secondary N) is 1. The van der Waals surface area contributed by atoms with Crippen molar-refractivity contribution in [1.29, 1.82) is 0 Å². The van der Waals surface area contributed by atoms with Gasteiger partial charge < -0.3 is 14.8 Å². The summed E-state index contributed by atoms with van der Waals surface area (Å²) in [4.78, 5) is 15.1. The summed E-state index contributed by atoms with van der Waals surface area (Å²) in [6, 6.07) is 8.68. The minimum Gasteiger partial charge on any atom is -0.343 e. The Morgan fingerprint density at radius 1 is 1.11 bits per heavy atom. The lowest BCUT2D eigenvalue weighted by Crippen LogP contribution is -2.39. The zero-order valence-corrected chi connectivity index (χ0v) is 16.4. The summed E-state index contributed by atoms with van der Waals surface area (Å²) in [6.45, 7) is 4.44. The molecule has 6 heteroatoms. The molecule has 3 aliphatic rings. The third-order valence-corrected chi connectivity index (χ3v) is 6.78. The predicted molar refractivity (Wildman–Crippen MR) is 107 cm³/mol. The summed E-state index contributed by atoms with van der Waals surface area (Å²) in [5.74, 6) is 3.33. The second-order valence-corrected chi connectivity index (χ2v) is 8.45. The molecular formula is C22H29N5O. The molecule has 6 nitrogen and oxygen atoms in total. The van der Waals surface area contributed by atoms with Crippen molar-refractivity contribution in [3.8, 4) is 0 Å². The molecule has 0 saturated carbocycles. The highest BCUT2D eigenvalue weighted by molar-refractivity contribution is 5.77. The van der Waals surface area contributed by atoms with Crippen molar-refractivity contribution < 1.29 is 4.79 Å². The van der Waals surface area contributed by atoms with Crippen LogP contribution >= 0.6 is 0 Å². The molecule has 1 aliphatic carbocycles. The van der Waals surface area contributed by atoms with Crippen LogP contribution in [-0.4, -0.2) is 45.2 Å². The predicted octanol–water partition coefficient (Wildman–Crippen LogP) is 2.60. The summed E-state index contributed by atoms with van der Waals surface area (Å²) in [7, 11) is 0. The molecule has 0 radical (unpaired) electrons. The van der Waals surface area contributed by atoms with Gasteiger partial charge in [-0.05, 0) is 49.1 Å². The van der Waals surface area contributed by atoms with E-state index in [4.69, 9.17) is 0 Å². The van der Waals surface area contributed by atoms with Crippen molar-refractivity contribution in [2.75, 3.05) is 19.6 Å². The minimum absolute atomic E-state index is 0.327. The third-order valence-electron chi connectivity index (χ3n) is 6.78. The summed E-state index contributed by atoms with van der Waals surface area (Å²) < 4.78 is 2.29. The summed E-state index contributed by atoms with van der Waals surface area (Å²) in [5.41, 5.74) is 2.84. The molecule has 2 aromatic rings. The van der Waals surface area contributed by atoms with E-state index in [1.807, 2.05) is 0 Å². The SMILES string of the molecule is O=C(CC1CCCc2ccccc21)N1CCC(c2nnc3n2CCNC3)CC1. The normalized spacial score (nSPS) is 22.6. The molecule has 1 aromatic carbocycles. The zero-order valence-electron chi connectivity index (χ0n) is 16.4. The smallest absolute Gasteiger partial charge is 0.223 e. The van der Waals surface area contributed by atoms with Crippen LogP contribution in [0.4, 0.5) is 0 Å². The lowest BCUT2D eigenvalue weighted by molar-refractivity contribution is -0.132. The van der Waals surface area contributed by atoms with Crippen LogP contribution in [0.2, 0.25) is 0 Å². The number of hydrogen-bond donors (Lipinski definition) is 1. The van der Waals surface area contributed by atoms with Crippen LogP contribution in [0.3, 0.4) is 0 Å². The van der Waals surface area contributed by atoms with E-state index in [-0.39, 0.29) is 0 Å². The van der Waals surface area contributed by atoms with Crippen molar-refractivity contribution in [1.82, 2.24) is 25.0 Å². The van der Waals surface area contributed by atoms with Gasteiger partial charge in [0.05, 0.1) is 6.54 Å². The van der Waals surface area contributed by atoms with E-state index in [0.29, 0.717) is 24.2 Å². The molecule has 1 fully saturated rings. The summed E-state index contributed by atoms with van der Waals surface area (Å²) in [6.07, 6.45) is 6.15. The molecule has 0 bridgehead atoms. The molecule has 1 aromatic heterocycles. The fraction of sp³-hybridized carbons (Fsp3) is 0.591. The number of fused-ring (bicyclic) bond motifs is 2. The molecule has 148 valence electrons. The topological polar surface area (TPSA) is 63.1 Å². The summed E-state index contributed by atoms with van der Waals surface area (Å²) >= 11 is 0. The monoisotopic (exact) mass is 379 g/mol. The number of hydrogen-bond acceptors (Lipinski definition) is 4. The Morgan fingerprint density at radius 2 is 1.96 bits per heavy atom. The number of aryl methyl sites for hydroxylation is 1. The molecule has 1 N–H and O–H groups in total. The number of amides is 1. The maximum Gasteiger partial charge on any atom is 0.223 e. The Hall–Kier alpha value is -2.21. The highest BCUT2D eigenvalue weighted by Gasteiger charge is 2.30. The number of aromatic nitrogens is 3. The molecule has 3 heterocycles. The second kappa shape index (κ2) is 7.66. The molecule has 1 amide bonds. The van der Waals surface area contributed by atoms with Crippen molar-refractivity contribution in [3.05, 3.63) is 47.0 Å². The maximum atomic E-state index is 13.0. The van der Waals surface area contributed by atoms with Crippen molar-refractivity contribution >= 4 is 5.91 Å². The van der Waals surface area contributed by atoms with Gasteiger partial charge in [-0.3, -0.25) is 4.79 Å². The molecule has 1 saturated heterocycles. The lowest BCUT2D eigenvalue weighted by Gasteiger charge is -2.34. The second-order valence-electron chi connectivity index (χ2n) is 8.45. The van der Waals surface area contributed by atoms with E-state index in [0.717, 1.165) is 70.1 Å². The van der Waals surface area contributed by atoms with Crippen LogP contribution in [0.15, 0.2) is 24.3 Å².